The van der Waals surface area contributed by atoms with Gasteiger partial charge < -0.3 is 65.2 Å². The van der Waals surface area contributed by atoms with Gasteiger partial charge in [0.05, 0.1) is 18.1 Å². The van der Waals surface area contributed by atoms with Gasteiger partial charge in [-0.3, -0.25) is 48.3 Å². The van der Waals surface area contributed by atoms with Crippen LogP contribution in [0.3, 0.4) is 0 Å². The number of amides is 4. The van der Waals surface area contributed by atoms with Gasteiger partial charge in [-0.15, -0.1) is 0 Å². The number of phenolic OH excluding ortho intramolecular Hbond substituents is 1. The van der Waals surface area contributed by atoms with Crippen LogP contribution in [0.4, 0.5) is 0 Å². The van der Waals surface area contributed by atoms with Crippen LogP contribution in [0.25, 0.3) is 33.4 Å². The van der Waals surface area contributed by atoms with Gasteiger partial charge in [0.1, 0.15) is 17.1 Å². The summed E-state index contributed by atoms with van der Waals surface area (Å²) in [5, 5.41) is 22.0. The second kappa shape index (κ2) is 31.5. The molecule has 0 saturated heterocycles. The number of ketones is 3. The van der Waals surface area contributed by atoms with Gasteiger partial charge in [-0.05, 0) is 134 Å². The summed E-state index contributed by atoms with van der Waals surface area (Å²) >= 11 is 0. The number of guanidine groups is 2. The molecule has 4 amide bonds. The van der Waals surface area contributed by atoms with Gasteiger partial charge in [0.25, 0.3) is 5.91 Å². The smallest absolute Gasteiger partial charge is 0.251 e. The molecule has 78 heavy (non-hydrogen) atoms. The summed E-state index contributed by atoms with van der Waals surface area (Å²) in [4.78, 5) is 116. The Morgan fingerprint density at radius 2 is 1.15 bits per heavy atom. The Labute approximate surface area is 455 Å². The average Bonchev–Trinajstić information content (AvgIpc) is 3.39. The molecule has 2 aromatic rings. The molecule has 0 bridgehead atoms. The van der Waals surface area contributed by atoms with E-state index >= 15 is 0 Å². The number of phenols is 1. The zero-order valence-electron chi connectivity index (χ0n) is 45.3. The van der Waals surface area contributed by atoms with Crippen LogP contribution < -0.4 is 61.1 Å². The summed E-state index contributed by atoms with van der Waals surface area (Å²) in [6.45, 7) is 7.69. The largest absolute Gasteiger partial charge is 0.508 e. The first-order chi connectivity index (χ1) is 37.1. The summed E-state index contributed by atoms with van der Waals surface area (Å²) in [5.74, 6) is -5.69. The van der Waals surface area contributed by atoms with Crippen LogP contribution >= 0.6 is 0 Å². The van der Waals surface area contributed by atoms with E-state index in [4.69, 9.17) is 38.8 Å². The fourth-order valence-corrected chi connectivity index (χ4v) is 9.00. The first kappa shape index (κ1) is 62.8. The highest BCUT2D eigenvalue weighted by molar-refractivity contribution is 6.04. The van der Waals surface area contributed by atoms with Crippen molar-refractivity contribution in [2.24, 2.45) is 62.1 Å². The lowest BCUT2D eigenvalue weighted by Gasteiger charge is -2.25. The fourth-order valence-electron chi connectivity index (χ4n) is 9.00. The lowest BCUT2D eigenvalue weighted by Crippen LogP contribution is -2.47. The molecule has 4 rings (SSSR count). The number of carbonyl (C=O) groups excluding carboxylic acids is 7. The van der Waals surface area contributed by atoms with Crippen molar-refractivity contribution in [3.05, 3.63) is 76.5 Å². The van der Waals surface area contributed by atoms with Crippen molar-refractivity contribution < 1.29 is 43.1 Å². The third kappa shape index (κ3) is 20.0. The molecule has 2 aromatic carbocycles. The monoisotopic (exact) mass is 1080 g/mol. The molecule has 0 fully saturated rings. The lowest BCUT2D eigenvalue weighted by atomic mass is 9.89. The Kier molecular flexibility index (Phi) is 25.4. The number of fused-ring (bicyclic) bond motifs is 2. The van der Waals surface area contributed by atoms with Crippen molar-refractivity contribution in [2.45, 2.75) is 135 Å². The Balaban J connectivity index is 1.39. The second-order valence-corrected chi connectivity index (χ2v) is 20.1. The molecule has 0 unspecified atom stereocenters. The number of aliphatic imine (C=N–C) groups is 2. The minimum atomic E-state index is -1.08. The minimum absolute atomic E-state index is 0.0145. The Bertz CT molecular complexity index is 2770. The Morgan fingerprint density at radius 3 is 1.78 bits per heavy atom. The zero-order chi connectivity index (χ0) is 57.5. The van der Waals surface area contributed by atoms with Gasteiger partial charge in [-0.2, -0.15) is 0 Å². The molecule has 0 aromatic heterocycles. The van der Waals surface area contributed by atoms with E-state index in [0.29, 0.717) is 98.9 Å². The van der Waals surface area contributed by atoms with Crippen LogP contribution in [0.2, 0.25) is 0 Å². The molecule has 22 heteroatoms. The molecule has 1 aliphatic heterocycles. The maximum absolute atomic E-state index is 14.2. The van der Waals surface area contributed by atoms with E-state index in [2.05, 4.69) is 31.3 Å². The second-order valence-electron chi connectivity index (χ2n) is 20.1. The number of aromatic hydroxyl groups is 1. The molecule has 22 nitrogen and oxygen atoms in total. The molecule has 7 atom stereocenters. The number of nitrogens with one attached hydrogen (secondary N) is 4. The first-order valence-corrected chi connectivity index (χ1v) is 26.7. The van der Waals surface area contributed by atoms with Crippen molar-refractivity contribution >= 4 is 63.9 Å². The minimum Gasteiger partial charge on any atom is -0.508 e. The highest BCUT2D eigenvalue weighted by Crippen LogP contribution is 2.40. The third-order valence-electron chi connectivity index (χ3n) is 13.5. The van der Waals surface area contributed by atoms with Crippen molar-refractivity contribution in [1.29, 1.82) is 0 Å². The number of nitrogens with two attached hydrogens (primary N) is 6. The molecule has 1 aliphatic carbocycles. The van der Waals surface area contributed by atoms with Gasteiger partial charge in [0.2, 0.25) is 17.7 Å². The maximum Gasteiger partial charge on any atom is 0.251 e. The number of rotatable bonds is 34. The predicted octanol–water partition coefficient (Wildman–Crippen LogP) is 2.99. The molecule has 1 heterocycles. The third-order valence-corrected chi connectivity index (χ3v) is 13.5. The van der Waals surface area contributed by atoms with E-state index in [-0.39, 0.29) is 85.0 Å². The number of carbonyl (C=O) groups is 7. The molecule has 0 saturated carbocycles. The van der Waals surface area contributed by atoms with Crippen LogP contribution in [-0.2, 0) is 28.8 Å². The number of hydrogen-bond acceptors (Lipinski definition) is 14. The van der Waals surface area contributed by atoms with Crippen LogP contribution in [-0.4, -0.2) is 108 Å². The van der Waals surface area contributed by atoms with Gasteiger partial charge in [-0.1, -0.05) is 25.5 Å². The topological polar surface area (TPSA) is 399 Å². The number of nitrogens with zero attached hydrogens (tertiary/aromatic N) is 2. The summed E-state index contributed by atoms with van der Waals surface area (Å²) in [7, 11) is 0. The van der Waals surface area contributed by atoms with E-state index in [1.165, 1.54) is 45.0 Å². The van der Waals surface area contributed by atoms with E-state index in [1.807, 2.05) is 6.92 Å². The zero-order valence-corrected chi connectivity index (χ0v) is 45.3. The van der Waals surface area contributed by atoms with Gasteiger partial charge in [-0.25, -0.2) is 0 Å². The SMILES string of the molecule is C[C@H](CCCN=C(N)N)NC(=O)[C@H](CCCCN)CC(=O)[C@H](CCCCN)NC(=O)[C@H](CCCN=C(N)N)CC(=O)[C@H](C)NC(=O)[C@H](C)CC(=O)[C@H](C)NC(=O)c1ccc(-c2c3ccc(=O)cc-3oc3cc(O)ccc23)cc1. The molecule has 2 aliphatic rings. The normalized spacial score (nSPS) is 13.9. The molecular weight excluding hydrogens is 1000 g/mol. The molecule has 0 spiro atoms. The summed E-state index contributed by atoms with van der Waals surface area (Å²) in [6.07, 6.45) is 3.93. The standard InChI is InChI=1S/C56H80N12O10/c1-32(27-45(71)34(3)67-52(75)37-17-15-36(16-18-37)50-42-21-19-40(69)30-48(42)78-49-31-41(70)20-22-43(49)50)51(74)66-35(4)46(72)28-39(13-10-26-64-56(61)62)54(77)68-44(14-6-8-24-58)47(73)29-38(12-5-7-23-57)53(76)65-33(2)11-9-25-63-55(59)60/h15-22,30-35,38-39,44,69H,5-14,23-29,57-58H2,1-4H3,(H,65,76)(H,66,74)(H,67,75)(H,68,77)(H4,59,60,63)(H4,61,62,64)/t32-,33-,34+,35+,38-,39-,44+/m1/s1. The van der Waals surface area contributed by atoms with Crippen molar-refractivity contribution in [1.82, 2.24) is 21.3 Å². The fraction of sp³-hybridized carbons (Fsp3) is 0.500. The molecule has 424 valence electrons. The van der Waals surface area contributed by atoms with E-state index in [1.54, 1.807) is 36.4 Å². The number of hydrogen-bond donors (Lipinski definition) is 11. The van der Waals surface area contributed by atoms with Gasteiger partial charge in [0, 0.05) is 90.4 Å². The highest BCUT2D eigenvalue weighted by Gasteiger charge is 2.32. The van der Waals surface area contributed by atoms with Crippen LogP contribution in [0.15, 0.2) is 79.9 Å². The first-order valence-electron chi connectivity index (χ1n) is 26.7. The Hall–Kier alpha value is -7.72. The summed E-state index contributed by atoms with van der Waals surface area (Å²) < 4.78 is 5.93. The van der Waals surface area contributed by atoms with Crippen LogP contribution in [0.1, 0.15) is 122 Å². The number of Topliss-reactive ketones (excluding diaryl/α,β-unsaturated/α-hetero) is 3. The van der Waals surface area contributed by atoms with Crippen molar-refractivity contribution in [2.75, 3.05) is 26.2 Å². The summed E-state index contributed by atoms with van der Waals surface area (Å²) in [5.41, 5.74) is 35.9. The van der Waals surface area contributed by atoms with E-state index < -0.39 is 65.2 Å². The number of benzene rings is 3. The quantitative estimate of drug-likeness (QED) is 0.0139. The lowest BCUT2D eigenvalue weighted by molar-refractivity contribution is -0.135. The molecule has 0 radical (unpaired) electrons. The maximum atomic E-state index is 14.2. The number of unbranched alkanes of at least 4 members (excludes halogenated alkanes) is 2. The van der Waals surface area contributed by atoms with Crippen LogP contribution in [0, 0.1) is 17.8 Å². The van der Waals surface area contributed by atoms with Crippen molar-refractivity contribution in [3.8, 4) is 28.2 Å². The predicted molar refractivity (Wildman–Crippen MR) is 301 cm³/mol. The van der Waals surface area contributed by atoms with Crippen LogP contribution in [0.5, 0.6) is 5.75 Å². The molecular formula is C56H80N12O10. The van der Waals surface area contributed by atoms with E-state index in [9.17, 15) is 43.5 Å². The van der Waals surface area contributed by atoms with Gasteiger partial charge >= 0.3 is 0 Å². The molecule has 17 N–H and O–H groups in total. The summed E-state index contributed by atoms with van der Waals surface area (Å²) in [6, 6.07) is 12.5. The highest BCUT2D eigenvalue weighted by atomic mass is 16.3. The van der Waals surface area contributed by atoms with Gasteiger partial charge in [0.15, 0.2) is 34.7 Å². The van der Waals surface area contributed by atoms with E-state index in [0.717, 1.165) is 5.56 Å². The average molecular weight is 1080 g/mol. The van der Waals surface area contributed by atoms with Crippen molar-refractivity contribution in [3.63, 3.8) is 0 Å². The Morgan fingerprint density at radius 1 is 0.590 bits per heavy atom.